The molecule has 0 saturated carbocycles. The molecule has 1 aromatic carbocycles. The SMILES string of the molecule is O=C(NCCCl)N(Cc1ccccc1)C1OC[C@H](O)[C@H](O)[C@H]1O. The van der Waals surface area contributed by atoms with Gasteiger partial charge in [0.05, 0.1) is 13.2 Å². The monoisotopic (exact) mass is 344 g/mol. The maximum atomic E-state index is 12.4. The second-order valence-electron chi connectivity index (χ2n) is 5.31. The van der Waals surface area contributed by atoms with Crippen LogP contribution in [-0.4, -0.2) is 69.8 Å². The summed E-state index contributed by atoms with van der Waals surface area (Å²) in [6.07, 6.45) is -5.05. The molecule has 0 radical (unpaired) electrons. The molecule has 128 valence electrons. The zero-order valence-corrected chi connectivity index (χ0v) is 13.3. The molecule has 0 bridgehead atoms. The van der Waals surface area contributed by atoms with Crippen molar-refractivity contribution in [3.05, 3.63) is 35.9 Å². The number of carbonyl (C=O) groups is 1. The minimum absolute atomic E-state index is 0.170. The van der Waals surface area contributed by atoms with Crippen LogP contribution in [0.15, 0.2) is 30.3 Å². The highest BCUT2D eigenvalue weighted by atomic mass is 35.5. The molecule has 4 atom stereocenters. The summed E-state index contributed by atoms with van der Waals surface area (Å²) in [5.41, 5.74) is 0.838. The number of nitrogens with zero attached hydrogens (tertiary/aromatic N) is 1. The van der Waals surface area contributed by atoms with Gasteiger partial charge in [-0.3, -0.25) is 4.90 Å². The quantitative estimate of drug-likeness (QED) is 0.558. The summed E-state index contributed by atoms with van der Waals surface area (Å²) in [4.78, 5) is 13.6. The summed E-state index contributed by atoms with van der Waals surface area (Å²) in [5.74, 6) is 0.250. The fraction of sp³-hybridized carbons (Fsp3) is 0.533. The van der Waals surface area contributed by atoms with E-state index >= 15 is 0 Å². The molecule has 1 heterocycles. The number of hydrogen-bond donors (Lipinski definition) is 4. The van der Waals surface area contributed by atoms with E-state index in [1.807, 2.05) is 30.3 Å². The number of halogens is 1. The van der Waals surface area contributed by atoms with E-state index in [2.05, 4.69) is 5.32 Å². The van der Waals surface area contributed by atoms with Crippen LogP contribution in [0.4, 0.5) is 4.79 Å². The Morgan fingerprint density at radius 3 is 2.61 bits per heavy atom. The largest absolute Gasteiger partial charge is 0.388 e. The van der Waals surface area contributed by atoms with Crippen LogP contribution in [0.5, 0.6) is 0 Å². The van der Waals surface area contributed by atoms with E-state index in [-0.39, 0.29) is 25.6 Å². The fourth-order valence-electron chi connectivity index (χ4n) is 2.38. The molecule has 0 aliphatic carbocycles. The molecule has 0 spiro atoms. The van der Waals surface area contributed by atoms with Crippen LogP contribution >= 0.6 is 11.6 Å². The van der Waals surface area contributed by atoms with Crippen LogP contribution in [0.1, 0.15) is 5.56 Å². The molecule has 7 nitrogen and oxygen atoms in total. The summed E-state index contributed by atoms with van der Waals surface area (Å²) in [6.45, 7) is 0.274. The predicted octanol–water partition coefficient (Wildman–Crippen LogP) is -0.124. The number of amides is 2. The van der Waals surface area contributed by atoms with Crippen molar-refractivity contribution in [3.63, 3.8) is 0 Å². The molecular formula is C15H21ClN2O5. The van der Waals surface area contributed by atoms with Gasteiger partial charge >= 0.3 is 6.03 Å². The first-order chi connectivity index (χ1) is 11.0. The smallest absolute Gasteiger partial charge is 0.319 e. The van der Waals surface area contributed by atoms with Crippen LogP contribution in [0.3, 0.4) is 0 Å². The molecule has 23 heavy (non-hydrogen) atoms. The first-order valence-electron chi connectivity index (χ1n) is 7.34. The lowest BCUT2D eigenvalue weighted by Gasteiger charge is -2.41. The first-order valence-corrected chi connectivity index (χ1v) is 7.88. The van der Waals surface area contributed by atoms with Gasteiger partial charge in [0.1, 0.15) is 18.3 Å². The van der Waals surface area contributed by atoms with Crippen molar-refractivity contribution in [2.45, 2.75) is 31.1 Å². The van der Waals surface area contributed by atoms with E-state index in [9.17, 15) is 20.1 Å². The van der Waals surface area contributed by atoms with E-state index in [0.29, 0.717) is 0 Å². The van der Waals surface area contributed by atoms with Crippen LogP contribution in [0.2, 0.25) is 0 Å². The lowest BCUT2D eigenvalue weighted by molar-refractivity contribution is -0.220. The number of nitrogens with one attached hydrogen (secondary N) is 1. The third-order valence-corrected chi connectivity index (χ3v) is 3.80. The Balaban J connectivity index is 2.17. The summed E-state index contributed by atoms with van der Waals surface area (Å²) in [7, 11) is 0. The third-order valence-electron chi connectivity index (χ3n) is 3.61. The zero-order chi connectivity index (χ0) is 16.8. The molecule has 1 fully saturated rings. The van der Waals surface area contributed by atoms with Gasteiger partial charge in [0.25, 0.3) is 0 Å². The van der Waals surface area contributed by atoms with Gasteiger partial charge in [0.2, 0.25) is 0 Å². The van der Waals surface area contributed by atoms with Crippen LogP contribution in [-0.2, 0) is 11.3 Å². The van der Waals surface area contributed by atoms with E-state index in [1.165, 1.54) is 4.90 Å². The molecule has 1 unspecified atom stereocenters. The summed E-state index contributed by atoms with van der Waals surface area (Å²) in [6, 6.07) is 8.72. The minimum atomic E-state index is -1.41. The number of ether oxygens (including phenoxy) is 1. The van der Waals surface area contributed by atoms with Gasteiger partial charge in [0, 0.05) is 12.4 Å². The Labute approximate surface area is 139 Å². The van der Waals surface area contributed by atoms with Crippen molar-refractivity contribution in [3.8, 4) is 0 Å². The fourth-order valence-corrected chi connectivity index (χ4v) is 2.47. The number of carbonyl (C=O) groups excluding carboxylic acids is 1. The van der Waals surface area contributed by atoms with Crippen molar-refractivity contribution in [2.24, 2.45) is 0 Å². The molecule has 4 N–H and O–H groups in total. The second-order valence-corrected chi connectivity index (χ2v) is 5.68. The number of urea groups is 1. The van der Waals surface area contributed by atoms with E-state index in [1.54, 1.807) is 0 Å². The summed E-state index contributed by atoms with van der Waals surface area (Å²) < 4.78 is 5.38. The van der Waals surface area contributed by atoms with Gasteiger partial charge in [-0.25, -0.2) is 4.79 Å². The van der Waals surface area contributed by atoms with Gasteiger partial charge in [-0.05, 0) is 5.56 Å². The number of aliphatic hydroxyl groups is 3. The van der Waals surface area contributed by atoms with E-state index < -0.39 is 30.6 Å². The van der Waals surface area contributed by atoms with E-state index in [4.69, 9.17) is 16.3 Å². The average molecular weight is 345 g/mol. The molecule has 1 aromatic rings. The highest BCUT2D eigenvalue weighted by Gasteiger charge is 2.42. The van der Waals surface area contributed by atoms with Crippen LogP contribution in [0, 0.1) is 0 Å². The van der Waals surface area contributed by atoms with Gasteiger partial charge in [-0.15, -0.1) is 11.6 Å². The minimum Gasteiger partial charge on any atom is -0.388 e. The highest BCUT2D eigenvalue weighted by Crippen LogP contribution is 2.21. The van der Waals surface area contributed by atoms with Crippen molar-refractivity contribution >= 4 is 17.6 Å². The highest BCUT2D eigenvalue weighted by molar-refractivity contribution is 6.18. The molecule has 0 aromatic heterocycles. The molecule has 1 aliphatic heterocycles. The number of benzene rings is 1. The van der Waals surface area contributed by atoms with Crippen LogP contribution in [0.25, 0.3) is 0 Å². The Kier molecular flexibility index (Phi) is 6.61. The Hall–Kier alpha value is -1.38. The average Bonchev–Trinajstić information content (AvgIpc) is 2.57. The molecule has 2 rings (SSSR count). The number of hydrogen-bond acceptors (Lipinski definition) is 5. The van der Waals surface area contributed by atoms with Crippen molar-refractivity contribution in [1.29, 1.82) is 0 Å². The topological polar surface area (TPSA) is 102 Å². The normalized spacial score (nSPS) is 27.5. The maximum absolute atomic E-state index is 12.4. The van der Waals surface area contributed by atoms with Crippen molar-refractivity contribution in [2.75, 3.05) is 19.0 Å². The van der Waals surface area contributed by atoms with Crippen molar-refractivity contribution in [1.82, 2.24) is 10.2 Å². The van der Waals surface area contributed by atoms with Gasteiger partial charge < -0.3 is 25.4 Å². The predicted molar refractivity (Wildman–Crippen MR) is 83.9 cm³/mol. The van der Waals surface area contributed by atoms with Crippen molar-refractivity contribution < 1.29 is 24.9 Å². The van der Waals surface area contributed by atoms with Gasteiger partial charge in [0.15, 0.2) is 6.23 Å². The lowest BCUT2D eigenvalue weighted by Crippen LogP contribution is -2.61. The standard InChI is InChI=1S/C15H21ClN2O5/c16-6-7-17-15(22)18(8-10-4-2-1-3-5-10)14-13(21)12(20)11(19)9-23-14/h1-5,11-14,19-21H,6-9H2,(H,17,22)/t11-,12-,13+,14?/m0/s1. The van der Waals surface area contributed by atoms with E-state index in [0.717, 1.165) is 5.56 Å². The Bertz CT molecular complexity index is 504. The summed E-state index contributed by atoms with van der Waals surface area (Å²) >= 11 is 5.58. The van der Waals surface area contributed by atoms with Gasteiger partial charge in [-0.2, -0.15) is 0 Å². The molecule has 1 saturated heterocycles. The molecule has 2 amide bonds. The Morgan fingerprint density at radius 1 is 1.26 bits per heavy atom. The Morgan fingerprint density at radius 2 is 1.96 bits per heavy atom. The number of rotatable bonds is 5. The maximum Gasteiger partial charge on any atom is 0.319 e. The lowest BCUT2D eigenvalue weighted by atomic mass is 10.0. The first kappa shape index (κ1) is 18.0. The number of aliphatic hydroxyl groups excluding tert-OH is 3. The van der Waals surface area contributed by atoms with Crippen LogP contribution < -0.4 is 5.32 Å². The molecular weight excluding hydrogens is 324 g/mol. The molecule has 8 heteroatoms. The second kappa shape index (κ2) is 8.47. The zero-order valence-electron chi connectivity index (χ0n) is 12.5. The summed E-state index contributed by atoms with van der Waals surface area (Å²) in [5, 5.41) is 32.1. The number of alkyl halides is 1. The third kappa shape index (κ3) is 4.55. The molecule has 1 aliphatic rings. The van der Waals surface area contributed by atoms with Gasteiger partial charge in [-0.1, -0.05) is 30.3 Å².